The molecule has 0 radical (unpaired) electrons. The second-order valence-corrected chi connectivity index (χ2v) is 5.95. The van der Waals surface area contributed by atoms with Crippen LogP contribution in [0.4, 0.5) is 5.82 Å². The lowest BCUT2D eigenvalue weighted by molar-refractivity contribution is -0.125. The zero-order valence-corrected chi connectivity index (χ0v) is 16.3. The Balaban J connectivity index is 0.00000264. The molecule has 1 aliphatic rings. The van der Waals surface area contributed by atoms with E-state index in [-0.39, 0.29) is 42.7 Å². The van der Waals surface area contributed by atoms with Crippen molar-refractivity contribution in [1.82, 2.24) is 20.6 Å². The first-order valence-corrected chi connectivity index (χ1v) is 8.14. The summed E-state index contributed by atoms with van der Waals surface area (Å²) in [6.45, 7) is 6.61. The third-order valence-corrected chi connectivity index (χ3v) is 4.19. The van der Waals surface area contributed by atoms with Gasteiger partial charge in [-0.05, 0) is 26.3 Å². The Labute approximate surface area is 157 Å². The number of hydrogen-bond acceptors (Lipinski definition) is 5. The molecule has 1 amide bonds. The normalized spacial score (nSPS) is 15.9. The Hall–Kier alpha value is -1.11. The van der Waals surface area contributed by atoms with E-state index in [1.807, 2.05) is 14.0 Å². The first kappa shape index (κ1) is 22.9. The summed E-state index contributed by atoms with van der Waals surface area (Å²) in [5, 5.41) is 6.20. The zero-order chi connectivity index (χ0) is 15.9. The van der Waals surface area contributed by atoms with Crippen molar-refractivity contribution in [1.29, 1.82) is 0 Å². The van der Waals surface area contributed by atoms with Crippen LogP contribution in [0.25, 0.3) is 0 Å². The Bertz CT molecular complexity index is 495. The van der Waals surface area contributed by atoms with Gasteiger partial charge >= 0.3 is 0 Å². The van der Waals surface area contributed by atoms with E-state index in [1.54, 1.807) is 6.33 Å². The van der Waals surface area contributed by atoms with Gasteiger partial charge in [0.2, 0.25) is 5.91 Å². The maximum atomic E-state index is 12.1. The monoisotopic (exact) mass is 377 g/mol. The van der Waals surface area contributed by atoms with Crippen LogP contribution in [0.15, 0.2) is 12.4 Å². The Morgan fingerprint density at radius 2 is 2.00 bits per heavy atom. The minimum Gasteiger partial charge on any atom is -0.356 e. The molecule has 1 unspecified atom stereocenters. The lowest BCUT2D eigenvalue weighted by Crippen LogP contribution is -2.47. The molecule has 1 fully saturated rings. The summed E-state index contributed by atoms with van der Waals surface area (Å²) in [7, 11) is 1.87. The molecule has 1 atom stereocenters. The molecule has 8 heteroatoms. The number of anilines is 1. The van der Waals surface area contributed by atoms with E-state index in [2.05, 4.69) is 38.5 Å². The summed E-state index contributed by atoms with van der Waals surface area (Å²) < 4.78 is 0. The molecule has 2 heterocycles. The van der Waals surface area contributed by atoms with Crippen molar-refractivity contribution in [2.45, 2.75) is 39.2 Å². The van der Waals surface area contributed by atoms with Crippen LogP contribution in [0.2, 0.25) is 0 Å². The van der Waals surface area contributed by atoms with Crippen molar-refractivity contribution in [3.63, 3.8) is 0 Å². The van der Waals surface area contributed by atoms with E-state index in [4.69, 9.17) is 0 Å². The van der Waals surface area contributed by atoms with Crippen molar-refractivity contribution in [2.75, 3.05) is 31.6 Å². The topological polar surface area (TPSA) is 70.2 Å². The fourth-order valence-electron chi connectivity index (χ4n) is 2.75. The highest BCUT2D eigenvalue weighted by molar-refractivity contribution is 5.85. The van der Waals surface area contributed by atoms with Gasteiger partial charge in [0.1, 0.15) is 12.1 Å². The van der Waals surface area contributed by atoms with Crippen LogP contribution in [-0.4, -0.2) is 48.6 Å². The van der Waals surface area contributed by atoms with Crippen molar-refractivity contribution < 1.29 is 4.79 Å². The van der Waals surface area contributed by atoms with E-state index in [9.17, 15) is 4.79 Å². The lowest BCUT2D eigenvalue weighted by Gasteiger charge is -2.33. The fraction of sp³-hybridized carbons (Fsp3) is 0.688. The third kappa shape index (κ3) is 6.42. The van der Waals surface area contributed by atoms with Crippen molar-refractivity contribution in [3.8, 4) is 0 Å². The largest absolute Gasteiger partial charge is 0.356 e. The molecule has 0 aliphatic carbocycles. The standard InChI is InChI=1S/C16H27N5O.2ClH/c1-4-13-9-15(19-11-18-13)21-7-5-14(6-8-21)20-16(22)12(2)10-17-3;;/h9,11-12,14,17H,4-8,10H2,1-3H3,(H,20,22);2*1H. The summed E-state index contributed by atoms with van der Waals surface area (Å²) in [6, 6.07) is 2.34. The Morgan fingerprint density at radius 3 is 2.58 bits per heavy atom. The molecular weight excluding hydrogens is 349 g/mol. The quantitative estimate of drug-likeness (QED) is 0.790. The van der Waals surface area contributed by atoms with Crippen LogP contribution in [0, 0.1) is 5.92 Å². The smallest absolute Gasteiger partial charge is 0.224 e. The number of nitrogens with one attached hydrogen (secondary N) is 2. The second kappa shape index (κ2) is 11.4. The molecule has 24 heavy (non-hydrogen) atoms. The van der Waals surface area contributed by atoms with Gasteiger partial charge in [-0.15, -0.1) is 24.8 Å². The van der Waals surface area contributed by atoms with E-state index in [0.717, 1.165) is 43.9 Å². The lowest BCUT2D eigenvalue weighted by atomic mass is 10.0. The third-order valence-electron chi connectivity index (χ3n) is 4.19. The molecule has 0 spiro atoms. The maximum absolute atomic E-state index is 12.1. The van der Waals surface area contributed by atoms with Gasteiger partial charge in [0.15, 0.2) is 0 Å². The van der Waals surface area contributed by atoms with Crippen molar-refractivity contribution in [2.24, 2.45) is 5.92 Å². The molecular formula is C16H29Cl2N5O. The highest BCUT2D eigenvalue weighted by atomic mass is 35.5. The predicted octanol–water partition coefficient (Wildman–Crippen LogP) is 1.82. The van der Waals surface area contributed by atoms with E-state index >= 15 is 0 Å². The van der Waals surface area contributed by atoms with Crippen LogP contribution in [0.5, 0.6) is 0 Å². The second-order valence-electron chi connectivity index (χ2n) is 5.95. The van der Waals surface area contributed by atoms with Crippen molar-refractivity contribution >= 4 is 36.5 Å². The van der Waals surface area contributed by atoms with Gasteiger partial charge in [-0.1, -0.05) is 13.8 Å². The molecule has 1 saturated heterocycles. The summed E-state index contributed by atoms with van der Waals surface area (Å²) in [5.41, 5.74) is 1.07. The summed E-state index contributed by atoms with van der Waals surface area (Å²) >= 11 is 0. The molecule has 1 aromatic heterocycles. The summed E-state index contributed by atoms with van der Waals surface area (Å²) in [6.07, 6.45) is 4.49. The zero-order valence-electron chi connectivity index (χ0n) is 14.6. The predicted molar refractivity (Wildman–Crippen MR) is 102 cm³/mol. The van der Waals surface area contributed by atoms with Gasteiger partial charge in [-0.2, -0.15) is 0 Å². The van der Waals surface area contributed by atoms with Crippen molar-refractivity contribution in [3.05, 3.63) is 18.1 Å². The van der Waals surface area contributed by atoms with Crippen LogP contribution in [0.1, 0.15) is 32.4 Å². The SMILES string of the molecule is CCc1cc(N2CCC(NC(=O)C(C)CNC)CC2)ncn1.Cl.Cl. The van der Waals surface area contributed by atoms with Gasteiger partial charge in [-0.3, -0.25) is 4.79 Å². The van der Waals surface area contributed by atoms with Gasteiger partial charge in [0, 0.05) is 43.4 Å². The molecule has 0 saturated carbocycles. The number of aryl methyl sites for hydroxylation is 1. The minimum atomic E-state index is 0. The van der Waals surface area contributed by atoms with Crippen LogP contribution < -0.4 is 15.5 Å². The molecule has 1 aromatic rings. The maximum Gasteiger partial charge on any atom is 0.224 e. The van der Waals surface area contributed by atoms with Crippen LogP contribution in [0.3, 0.4) is 0 Å². The number of halogens is 2. The number of rotatable bonds is 6. The minimum absolute atomic E-state index is 0. The molecule has 1 aliphatic heterocycles. The first-order valence-electron chi connectivity index (χ1n) is 8.14. The summed E-state index contributed by atoms with van der Waals surface area (Å²) in [5.74, 6) is 1.15. The Kier molecular flexibility index (Phi) is 10.9. The average molecular weight is 378 g/mol. The van der Waals surface area contributed by atoms with Gasteiger partial charge in [0.25, 0.3) is 0 Å². The molecule has 2 rings (SSSR count). The number of carbonyl (C=O) groups excluding carboxylic acids is 1. The van der Waals surface area contributed by atoms with E-state index in [0.29, 0.717) is 6.54 Å². The fourth-order valence-corrected chi connectivity index (χ4v) is 2.75. The molecule has 6 nitrogen and oxygen atoms in total. The molecule has 138 valence electrons. The van der Waals surface area contributed by atoms with Crippen LogP contribution in [-0.2, 0) is 11.2 Å². The highest BCUT2D eigenvalue weighted by Crippen LogP contribution is 2.18. The van der Waals surface area contributed by atoms with Gasteiger partial charge in [-0.25, -0.2) is 9.97 Å². The first-order chi connectivity index (χ1) is 10.6. The molecule has 0 aromatic carbocycles. The van der Waals surface area contributed by atoms with E-state index in [1.165, 1.54) is 0 Å². The molecule has 2 N–H and O–H groups in total. The van der Waals surface area contributed by atoms with Gasteiger partial charge < -0.3 is 15.5 Å². The number of amides is 1. The van der Waals surface area contributed by atoms with E-state index < -0.39 is 0 Å². The molecule has 0 bridgehead atoms. The highest BCUT2D eigenvalue weighted by Gasteiger charge is 2.23. The number of aromatic nitrogens is 2. The number of piperidine rings is 1. The number of nitrogens with zero attached hydrogens (tertiary/aromatic N) is 3. The number of hydrogen-bond donors (Lipinski definition) is 2. The average Bonchev–Trinajstić information content (AvgIpc) is 2.55. The summed E-state index contributed by atoms with van der Waals surface area (Å²) in [4.78, 5) is 22.9. The number of carbonyl (C=O) groups is 1. The Morgan fingerprint density at radius 1 is 1.33 bits per heavy atom. The van der Waals surface area contributed by atoms with Gasteiger partial charge in [0.05, 0.1) is 0 Å². The van der Waals surface area contributed by atoms with Crippen LogP contribution >= 0.6 is 24.8 Å².